The molecule has 21 heavy (non-hydrogen) atoms. The van der Waals surface area contributed by atoms with Crippen LogP contribution in [0.1, 0.15) is 38.6 Å². The van der Waals surface area contributed by atoms with Crippen LogP contribution >= 0.6 is 35.3 Å². The summed E-state index contributed by atoms with van der Waals surface area (Å²) in [6.07, 6.45) is 5.30. The molecular weight excluding hydrogens is 395 g/mol. The second kappa shape index (κ2) is 8.92. The zero-order valence-corrected chi connectivity index (χ0v) is 16.4. The minimum atomic E-state index is 0. The molecule has 4 nitrogen and oxygen atoms in total. The molecule has 1 aromatic heterocycles. The molecule has 1 fully saturated rings. The van der Waals surface area contributed by atoms with Crippen LogP contribution in [0.15, 0.2) is 16.6 Å². The van der Waals surface area contributed by atoms with E-state index in [0.717, 1.165) is 38.6 Å². The number of halogens is 1. The summed E-state index contributed by atoms with van der Waals surface area (Å²) in [5, 5.41) is 6.62. The second-order valence-corrected chi connectivity index (χ2v) is 6.73. The number of nitrogens with one attached hydrogen (secondary N) is 1. The van der Waals surface area contributed by atoms with Crippen LogP contribution in [0.4, 0.5) is 0 Å². The molecule has 1 atom stereocenters. The van der Waals surface area contributed by atoms with Gasteiger partial charge in [-0.05, 0) is 25.2 Å². The average molecular weight is 422 g/mol. The minimum absolute atomic E-state index is 0. The SMILES string of the molecule is CCNC(=NCCc1nccs1)N1CCC(C)(CC)C1.I. The highest BCUT2D eigenvalue weighted by Gasteiger charge is 2.33. The maximum Gasteiger partial charge on any atom is 0.193 e. The number of guanidine groups is 1. The molecule has 0 spiro atoms. The molecule has 1 saturated heterocycles. The minimum Gasteiger partial charge on any atom is -0.357 e. The monoisotopic (exact) mass is 422 g/mol. The van der Waals surface area contributed by atoms with Crippen LogP contribution < -0.4 is 5.32 Å². The van der Waals surface area contributed by atoms with E-state index >= 15 is 0 Å². The molecule has 1 unspecified atom stereocenters. The van der Waals surface area contributed by atoms with E-state index in [4.69, 9.17) is 4.99 Å². The van der Waals surface area contributed by atoms with Crippen LogP contribution in [0, 0.1) is 5.41 Å². The number of hydrogen-bond donors (Lipinski definition) is 1. The first kappa shape index (κ1) is 18.7. The fraction of sp³-hybridized carbons (Fsp3) is 0.733. The molecule has 1 N–H and O–H groups in total. The van der Waals surface area contributed by atoms with Gasteiger partial charge in [0.25, 0.3) is 0 Å². The van der Waals surface area contributed by atoms with E-state index in [9.17, 15) is 0 Å². The van der Waals surface area contributed by atoms with Crippen LogP contribution in [0.5, 0.6) is 0 Å². The molecule has 2 rings (SSSR count). The normalized spacial score (nSPS) is 22.2. The highest BCUT2D eigenvalue weighted by Crippen LogP contribution is 2.32. The maximum absolute atomic E-state index is 4.77. The number of likely N-dealkylation sites (tertiary alicyclic amines) is 1. The number of aliphatic imine (C=N–C) groups is 1. The van der Waals surface area contributed by atoms with Gasteiger partial charge in [0.1, 0.15) is 0 Å². The average Bonchev–Trinajstić information content (AvgIpc) is 3.08. The first-order valence-electron chi connectivity index (χ1n) is 7.58. The van der Waals surface area contributed by atoms with Gasteiger partial charge < -0.3 is 10.2 Å². The summed E-state index contributed by atoms with van der Waals surface area (Å²) in [7, 11) is 0. The molecule has 2 heterocycles. The topological polar surface area (TPSA) is 40.5 Å². The van der Waals surface area contributed by atoms with E-state index in [1.807, 2.05) is 11.6 Å². The van der Waals surface area contributed by atoms with E-state index in [0.29, 0.717) is 5.41 Å². The molecule has 0 bridgehead atoms. The molecule has 120 valence electrons. The molecule has 0 saturated carbocycles. The summed E-state index contributed by atoms with van der Waals surface area (Å²) in [5.41, 5.74) is 0.450. The summed E-state index contributed by atoms with van der Waals surface area (Å²) in [5.74, 6) is 1.07. The Balaban J connectivity index is 0.00000220. The molecule has 0 radical (unpaired) electrons. The lowest BCUT2D eigenvalue weighted by Crippen LogP contribution is -2.41. The van der Waals surface area contributed by atoms with Crippen molar-refractivity contribution in [1.29, 1.82) is 0 Å². The van der Waals surface area contributed by atoms with Crippen molar-refractivity contribution in [3.8, 4) is 0 Å². The Labute approximate surface area is 149 Å². The van der Waals surface area contributed by atoms with Crippen LogP contribution in [0.25, 0.3) is 0 Å². The van der Waals surface area contributed by atoms with Gasteiger partial charge in [0.15, 0.2) is 5.96 Å². The van der Waals surface area contributed by atoms with Gasteiger partial charge in [-0.25, -0.2) is 4.98 Å². The standard InChI is InChI=1S/C15H26N4S.HI/c1-4-15(3)7-10-19(12-15)14(16-5-2)18-8-6-13-17-9-11-20-13;/h9,11H,4-8,10,12H2,1-3H3,(H,16,18);1H. The Morgan fingerprint density at radius 1 is 1.52 bits per heavy atom. The van der Waals surface area contributed by atoms with Gasteiger partial charge in [0.05, 0.1) is 5.01 Å². The van der Waals surface area contributed by atoms with Crippen molar-refractivity contribution in [3.63, 3.8) is 0 Å². The number of hydrogen-bond acceptors (Lipinski definition) is 3. The quantitative estimate of drug-likeness (QED) is 0.449. The van der Waals surface area contributed by atoms with Crippen molar-refractivity contribution >= 4 is 41.3 Å². The predicted octanol–water partition coefficient (Wildman–Crippen LogP) is 3.39. The molecule has 0 amide bonds. The van der Waals surface area contributed by atoms with Crippen molar-refractivity contribution in [2.45, 2.75) is 40.0 Å². The fourth-order valence-corrected chi connectivity index (χ4v) is 3.16. The summed E-state index contributed by atoms with van der Waals surface area (Å²) in [6, 6.07) is 0. The third kappa shape index (κ3) is 5.39. The van der Waals surface area contributed by atoms with Gasteiger partial charge in [0.2, 0.25) is 0 Å². The van der Waals surface area contributed by atoms with E-state index in [2.05, 4.69) is 36.0 Å². The van der Waals surface area contributed by atoms with Crippen molar-refractivity contribution in [1.82, 2.24) is 15.2 Å². The maximum atomic E-state index is 4.77. The van der Waals surface area contributed by atoms with E-state index in [-0.39, 0.29) is 24.0 Å². The van der Waals surface area contributed by atoms with Crippen LogP contribution in [-0.4, -0.2) is 42.0 Å². The molecule has 0 aliphatic carbocycles. The van der Waals surface area contributed by atoms with Gasteiger partial charge in [-0.15, -0.1) is 35.3 Å². The van der Waals surface area contributed by atoms with E-state index in [1.54, 1.807) is 11.3 Å². The van der Waals surface area contributed by atoms with Gasteiger partial charge in [-0.3, -0.25) is 4.99 Å². The molecule has 1 aliphatic rings. The lowest BCUT2D eigenvalue weighted by atomic mass is 9.87. The largest absolute Gasteiger partial charge is 0.357 e. The third-order valence-corrected chi connectivity index (χ3v) is 4.96. The third-order valence-electron chi connectivity index (χ3n) is 4.12. The molecule has 0 aromatic carbocycles. The van der Waals surface area contributed by atoms with Crippen molar-refractivity contribution < 1.29 is 0 Å². The van der Waals surface area contributed by atoms with Gasteiger partial charge in [0, 0.05) is 44.2 Å². The Morgan fingerprint density at radius 2 is 2.33 bits per heavy atom. The van der Waals surface area contributed by atoms with Crippen molar-refractivity contribution in [3.05, 3.63) is 16.6 Å². The zero-order valence-electron chi connectivity index (χ0n) is 13.3. The highest BCUT2D eigenvalue weighted by atomic mass is 127. The highest BCUT2D eigenvalue weighted by molar-refractivity contribution is 14.0. The van der Waals surface area contributed by atoms with Crippen LogP contribution in [-0.2, 0) is 6.42 Å². The molecule has 1 aromatic rings. The van der Waals surface area contributed by atoms with Crippen molar-refractivity contribution in [2.75, 3.05) is 26.2 Å². The lowest BCUT2D eigenvalue weighted by molar-refractivity contribution is 0.322. The Bertz CT molecular complexity index is 435. The second-order valence-electron chi connectivity index (χ2n) is 5.75. The van der Waals surface area contributed by atoms with Gasteiger partial charge >= 0.3 is 0 Å². The summed E-state index contributed by atoms with van der Waals surface area (Å²) in [4.78, 5) is 11.5. The number of rotatable bonds is 5. The molecular formula is C15H27IN4S. The molecule has 1 aliphatic heterocycles. The first-order chi connectivity index (χ1) is 9.67. The summed E-state index contributed by atoms with van der Waals surface area (Å²) < 4.78 is 0. The van der Waals surface area contributed by atoms with Crippen LogP contribution in [0.3, 0.4) is 0 Å². The summed E-state index contributed by atoms with van der Waals surface area (Å²) >= 11 is 1.71. The van der Waals surface area contributed by atoms with E-state index < -0.39 is 0 Å². The summed E-state index contributed by atoms with van der Waals surface area (Å²) in [6.45, 7) is 10.8. The van der Waals surface area contributed by atoms with Crippen LogP contribution in [0.2, 0.25) is 0 Å². The smallest absolute Gasteiger partial charge is 0.193 e. The molecule has 6 heteroatoms. The van der Waals surface area contributed by atoms with Gasteiger partial charge in [-0.1, -0.05) is 13.8 Å². The predicted molar refractivity (Wildman–Crippen MR) is 102 cm³/mol. The first-order valence-corrected chi connectivity index (χ1v) is 8.46. The van der Waals surface area contributed by atoms with E-state index in [1.165, 1.54) is 17.8 Å². The van der Waals surface area contributed by atoms with Gasteiger partial charge in [-0.2, -0.15) is 0 Å². The number of nitrogens with zero attached hydrogens (tertiary/aromatic N) is 3. The zero-order chi connectivity index (χ0) is 14.4. The Kier molecular flexibility index (Phi) is 7.94. The fourth-order valence-electron chi connectivity index (χ4n) is 2.55. The number of thiazole rings is 1. The Morgan fingerprint density at radius 3 is 2.90 bits per heavy atom. The number of aromatic nitrogens is 1. The van der Waals surface area contributed by atoms with Crippen molar-refractivity contribution in [2.24, 2.45) is 10.4 Å². The Hall–Kier alpha value is -0.370. The lowest BCUT2D eigenvalue weighted by Gasteiger charge is -2.25.